The van der Waals surface area contributed by atoms with Crippen LogP contribution in [0.5, 0.6) is 0 Å². The van der Waals surface area contributed by atoms with Crippen LogP contribution in [0, 0.1) is 6.08 Å². The van der Waals surface area contributed by atoms with Crippen LogP contribution in [0.1, 0.15) is 6.42 Å². The Morgan fingerprint density at radius 2 is 1.42 bits per heavy atom. The molecule has 0 fully saturated rings. The molecule has 0 aromatic carbocycles. The van der Waals surface area contributed by atoms with Crippen LogP contribution in [-0.4, -0.2) is 20.4 Å². The molecule has 0 N–H and O–H groups in total. The largest absolute Gasteiger partial charge is 0.281 e. The average Bonchev–Trinajstić information content (AvgIpc) is 2.71. The molecule has 0 spiro atoms. The first-order valence-electron chi connectivity index (χ1n) is 2.33. The molecule has 12 heavy (non-hydrogen) atoms. The van der Waals surface area contributed by atoms with E-state index in [-0.39, 0.29) is 20.4 Å². The van der Waals surface area contributed by atoms with Crippen molar-refractivity contribution < 1.29 is 34.8 Å². The maximum Gasteiger partial charge on any atom is 0.281 e. The van der Waals surface area contributed by atoms with Gasteiger partial charge in [-0.25, -0.2) is 12.2 Å². The van der Waals surface area contributed by atoms with Crippen molar-refractivity contribution in [3.8, 4) is 0 Å². The molecule has 3 nitrogen and oxygen atoms in total. The van der Waals surface area contributed by atoms with Crippen molar-refractivity contribution in [1.29, 1.82) is 0 Å². The normalized spacial score (nSPS) is 8.33. The van der Waals surface area contributed by atoms with E-state index in [0.717, 1.165) is 6.42 Å². The second-order valence-corrected chi connectivity index (χ2v) is 1.00. The van der Waals surface area contributed by atoms with Crippen molar-refractivity contribution in [2.24, 2.45) is 0 Å². The summed E-state index contributed by atoms with van der Waals surface area (Å²) < 4.78 is 0. The smallest absolute Gasteiger partial charge is 0.281 e. The quantitative estimate of drug-likeness (QED) is 0.591. The van der Waals surface area contributed by atoms with Gasteiger partial charge in [-0.05, 0) is 0 Å². The van der Waals surface area contributed by atoms with Gasteiger partial charge in [0.1, 0.15) is 0 Å². The third kappa shape index (κ3) is 35.3. The Hall–Kier alpha value is -0.848. The zero-order chi connectivity index (χ0) is 9.54. The monoisotopic (exact) mass is 336 g/mol. The molecule has 0 saturated heterocycles. The van der Waals surface area contributed by atoms with Gasteiger partial charge in [-0.1, -0.05) is 0 Å². The van der Waals surface area contributed by atoms with E-state index in [1.165, 1.54) is 0 Å². The van der Waals surface area contributed by atoms with Crippen molar-refractivity contribution in [1.82, 2.24) is 0 Å². The summed E-state index contributed by atoms with van der Waals surface area (Å²) in [6.07, 6.45) is 10.0. The summed E-state index contributed by atoms with van der Waals surface area (Å²) >= 11 is 0. The topological polar surface area (TPSA) is 51.2 Å². The standard InChI is InChI=1S/C5H5.3CO.Re/c1-2-4-5-3-1;3*1-2;/h1-3H,4H2;;;;/q-1;;;;. The third-order valence-corrected chi connectivity index (χ3v) is 0.586. The van der Waals surface area contributed by atoms with Gasteiger partial charge in [0.15, 0.2) is 0 Å². The molecule has 0 saturated carbocycles. The second-order valence-electron chi connectivity index (χ2n) is 1.00. The van der Waals surface area contributed by atoms with Gasteiger partial charge in [0.05, 0.1) is 0 Å². The summed E-state index contributed by atoms with van der Waals surface area (Å²) in [7, 11) is 0. The molecule has 0 bridgehead atoms. The van der Waals surface area contributed by atoms with Gasteiger partial charge in [0, 0.05) is 20.4 Å². The Morgan fingerprint density at radius 3 is 1.50 bits per heavy atom. The predicted molar refractivity (Wildman–Crippen MR) is 38.7 cm³/mol. The first-order valence-corrected chi connectivity index (χ1v) is 2.33. The van der Waals surface area contributed by atoms with E-state index in [0.29, 0.717) is 0 Å². The summed E-state index contributed by atoms with van der Waals surface area (Å²) in [5.41, 5.74) is 0. The Morgan fingerprint density at radius 1 is 1.00 bits per heavy atom. The van der Waals surface area contributed by atoms with Crippen LogP contribution < -0.4 is 0 Å². The summed E-state index contributed by atoms with van der Waals surface area (Å²) in [6.45, 7) is 13.5. The summed E-state index contributed by atoms with van der Waals surface area (Å²) in [5, 5.41) is 0. The van der Waals surface area contributed by atoms with Crippen molar-refractivity contribution >= 4 is 20.4 Å². The van der Waals surface area contributed by atoms with E-state index in [1.807, 2.05) is 12.2 Å². The van der Waals surface area contributed by atoms with Gasteiger partial charge in [-0.15, -0.1) is 6.42 Å². The van der Waals surface area contributed by atoms with E-state index >= 15 is 0 Å². The SMILES string of the molecule is [C-]1=CC=CC1.[C]=O.[C]=O.[C]=O.[Re]. The molecule has 1 aliphatic rings. The van der Waals surface area contributed by atoms with Crippen molar-refractivity contribution in [2.75, 3.05) is 0 Å². The van der Waals surface area contributed by atoms with E-state index in [2.05, 4.69) is 32.5 Å². The van der Waals surface area contributed by atoms with Crippen LogP contribution in [-0.2, 0) is 34.8 Å². The molecule has 7 radical (unpaired) electrons. The molecule has 63 valence electrons. The third-order valence-electron chi connectivity index (χ3n) is 0.586. The van der Waals surface area contributed by atoms with Gasteiger partial charge < -0.3 is 0 Å². The van der Waals surface area contributed by atoms with Gasteiger partial charge >= 0.3 is 0 Å². The van der Waals surface area contributed by atoms with Crippen LogP contribution >= 0.6 is 0 Å². The first-order chi connectivity index (χ1) is 5.50. The van der Waals surface area contributed by atoms with Crippen LogP contribution in [0.3, 0.4) is 0 Å². The molecule has 0 heterocycles. The molecule has 4 heteroatoms. The Kier molecular flexibility index (Phi) is 92.4. The first kappa shape index (κ1) is 22.5. The summed E-state index contributed by atoms with van der Waals surface area (Å²) in [5.74, 6) is 0. The van der Waals surface area contributed by atoms with E-state index in [9.17, 15) is 0 Å². The maximum atomic E-state index is 7.50. The molecule has 0 unspecified atom stereocenters. The minimum Gasteiger partial charge on any atom is -0.281 e. The second kappa shape index (κ2) is 49.3. The minimum absolute atomic E-state index is 0. The Labute approximate surface area is 86.2 Å². The molecule has 0 amide bonds. The number of hydrogen-bond acceptors (Lipinski definition) is 3. The Bertz CT molecular complexity index is 98.1. The molecule has 1 aliphatic carbocycles. The van der Waals surface area contributed by atoms with Gasteiger partial charge in [0.25, 0.3) is 20.4 Å². The van der Waals surface area contributed by atoms with Crippen molar-refractivity contribution in [3.63, 3.8) is 0 Å². The average molecular weight is 335 g/mol. The van der Waals surface area contributed by atoms with Gasteiger partial charge in [-0.2, -0.15) is 6.08 Å². The van der Waals surface area contributed by atoms with Gasteiger partial charge in [0.2, 0.25) is 0 Å². The molecule has 0 atom stereocenters. The van der Waals surface area contributed by atoms with Crippen molar-refractivity contribution in [3.05, 3.63) is 24.3 Å². The van der Waals surface area contributed by atoms with Crippen LogP contribution in [0.2, 0.25) is 0 Å². The van der Waals surface area contributed by atoms with E-state index < -0.39 is 0 Å². The fourth-order valence-corrected chi connectivity index (χ4v) is 0.340. The molecule has 0 aromatic heterocycles. The number of carbonyl (C=O) groups excluding carboxylic acids is 3. The van der Waals surface area contributed by atoms with Crippen LogP contribution in [0.25, 0.3) is 0 Å². The zero-order valence-corrected chi connectivity index (χ0v) is 8.76. The number of hydrogen-bond donors (Lipinski definition) is 0. The van der Waals surface area contributed by atoms with E-state index in [4.69, 9.17) is 14.4 Å². The Balaban J connectivity index is -0.0000000406. The van der Waals surface area contributed by atoms with E-state index in [1.54, 1.807) is 0 Å². The van der Waals surface area contributed by atoms with Gasteiger partial charge in [-0.3, -0.25) is 20.5 Å². The molecule has 0 aliphatic heterocycles. The number of allylic oxidation sites excluding steroid dienone is 4. The fourth-order valence-electron chi connectivity index (χ4n) is 0.340. The molecule has 0 aromatic rings. The molecular formula is C8H5O3Re-. The fraction of sp³-hybridized carbons (Fsp3) is 0.125. The molecule has 1 rings (SSSR count). The molecular weight excluding hydrogens is 330 g/mol. The van der Waals surface area contributed by atoms with Crippen LogP contribution in [0.15, 0.2) is 18.2 Å². The predicted octanol–water partition coefficient (Wildman–Crippen LogP) is 0.112. The summed E-state index contributed by atoms with van der Waals surface area (Å²) in [4.78, 5) is 22.5. The zero-order valence-electron chi connectivity index (χ0n) is 6.04. The number of rotatable bonds is 0. The van der Waals surface area contributed by atoms with Crippen LogP contribution in [0.4, 0.5) is 0 Å². The minimum atomic E-state index is 0. The summed E-state index contributed by atoms with van der Waals surface area (Å²) in [6, 6.07) is 0. The van der Waals surface area contributed by atoms with Crippen molar-refractivity contribution in [2.45, 2.75) is 6.42 Å². The maximum absolute atomic E-state index is 7.50.